The number of hydrogen-bond donors (Lipinski definition) is 3. The van der Waals surface area contributed by atoms with E-state index in [-0.39, 0.29) is 17.8 Å². The molecule has 0 saturated carbocycles. The molecule has 1 aromatic carbocycles. The molecule has 0 spiro atoms. The number of amides is 3. The van der Waals surface area contributed by atoms with Crippen LogP contribution in [0, 0.1) is 0 Å². The second-order valence-electron chi connectivity index (χ2n) is 5.89. The first-order chi connectivity index (χ1) is 11.8. The first-order valence-electron chi connectivity index (χ1n) is 7.71. The Balaban J connectivity index is 2.10. The lowest BCUT2D eigenvalue weighted by atomic mass is 10.1. The average molecular weight is 346 g/mol. The van der Waals surface area contributed by atoms with E-state index in [1.54, 1.807) is 32.3 Å². The molecule has 25 heavy (non-hydrogen) atoms. The van der Waals surface area contributed by atoms with E-state index in [9.17, 15) is 9.59 Å². The van der Waals surface area contributed by atoms with Crippen LogP contribution >= 0.6 is 0 Å². The molecule has 1 aromatic heterocycles. The third kappa shape index (κ3) is 4.46. The van der Waals surface area contributed by atoms with E-state index in [1.807, 2.05) is 13.8 Å². The summed E-state index contributed by atoms with van der Waals surface area (Å²) in [5, 5.41) is 11.9. The van der Waals surface area contributed by atoms with Gasteiger partial charge in [-0.2, -0.15) is 4.98 Å². The molecule has 3 amide bonds. The predicted octanol–water partition coefficient (Wildman–Crippen LogP) is 2.28. The lowest BCUT2D eigenvalue weighted by Gasteiger charge is -2.14. The van der Waals surface area contributed by atoms with Crippen molar-refractivity contribution in [3.05, 3.63) is 29.6 Å². The second kappa shape index (κ2) is 7.65. The molecule has 0 bridgehead atoms. The molecule has 2 rings (SSSR count). The van der Waals surface area contributed by atoms with Crippen LogP contribution < -0.4 is 15.4 Å². The molecule has 0 atom stereocenters. The lowest BCUT2D eigenvalue weighted by Crippen LogP contribution is -2.22. The number of anilines is 2. The fraction of sp³-hybridized carbons (Fsp3) is 0.375. The van der Waals surface area contributed by atoms with E-state index < -0.39 is 6.03 Å². The topological polar surface area (TPSA) is 112 Å². The highest BCUT2D eigenvalue weighted by Crippen LogP contribution is 2.26. The van der Waals surface area contributed by atoms with Gasteiger partial charge in [-0.15, -0.1) is 5.10 Å². The molecule has 3 N–H and O–H groups in total. The molecule has 0 aliphatic carbocycles. The SMILES string of the molecule is COc1cc(C(=O)N(C)C)ccc1NC(=O)Nc1n[nH]c(C(C)C)n1. The van der Waals surface area contributed by atoms with Gasteiger partial charge in [-0.05, 0) is 18.2 Å². The highest BCUT2D eigenvalue weighted by molar-refractivity contribution is 6.01. The molecule has 9 nitrogen and oxygen atoms in total. The van der Waals surface area contributed by atoms with Crippen molar-refractivity contribution in [2.75, 3.05) is 31.8 Å². The maximum atomic E-state index is 12.1. The van der Waals surface area contributed by atoms with Crippen molar-refractivity contribution in [2.45, 2.75) is 19.8 Å². The molecular formula is C16H22N6O3. The largest absolute Gasteiger partial charge is 0.495 e. The van der Waals surface area contributed by atoms with Crippen molar-refractivity contribution in [3.8, 4) is 5.75 Å². The van der Waals surface area contributed by atoms with Crippen LogP contribution in [0.2, 0.25) is 0 Å². The second-order valence-corrected chi connectivity index (χ2v) is 5.89. The number of hydrogen-bond acceptors (Lipinski definition) is 5. The molecule has 0 radical (unpaired) electrons. The number of benzene rings is 1. The van der Waals surface area contributed by atoms with Gasteiger partial charge in [0.15, 0.2) is 0 Å². The van der Waals surface area contributed by atoms with Crippen LogP contribution in [-0.2, 0) is 0 Å². The van der Waals surface area contributed by atoms with Crippen molar-refractivity contribution in [1.82, 2.24) is 20.1 Å². The summed E-state index contributed by atoms with van der Waals surface area (Å²) in [5.74, 6) is 1.25. The first-order valence-corrected chi connectivity index (χ1v) is 7.71. The minimum Gasteiger partial charge on any atom is -0.495 e. The molecule has 1 heterocycles. The molecule has 9 heteroatoms. The van der Waals surface area contributed by atoms with Gasteiger partial charge in [-0.1, -0.05) is 13.8 Å². The quantitative estimate of drug-likeness (QED) is 0.769. The summed E-state index contributed by atoms with van der Waals surface area (Å²) < 4.78 is 5.25. The summed E-state index contributed by atoms with van der Waals surface area (Å²) in [4.78, 5) is 29.7. The van der Waals surface area contributed by atoms with Crippen molar-refractivity contribution in [2.24, 2.45) is 0 Å². The molecule has 134 valence electrons. The van der Waals surface area contributed by atoms with Gasteiger partial charge in [0.1, 0.15) is 11.6 Å². The van der Waals surface area contributed by atoms with Gasteiger partial charge in [-0.25, -0.2) is 4.79 Å². The van der Waals surface area contributed by atoms with Crippen LogP contribution in [0.1, 0.15) is 35.9 Å². The number of ether oxygens (including phenoxy) is 1. The highest BCUT2D eigenvalue weighted by Gasteiger charge is 2.15. The monoisotopic (exact) mass is 346 g/mol. The third-order valence-corrected chi connectivity index (χ3v) is 3.38. The van der Waals surface area contributed by atoms with Gasteiger partial charge in [0.25, 0.3) is 5.91 Å². The number of aromatic amines is 1. The van der Waals surface area contributed by atoms with Gasteiger partial charge >= 0.3 is 6.03 Å². The molecule has 0 unspecified atom stereocenters. The van der Waals surface area contributed by atoms with Gasteiger partial charge in [0.05, 0.1) is 12.8 Å². The summed E-state index contributed by atoms with van der Waals surface area (Å²) in [6.07, 6.45) is 0. The number of urea groups is 1. The zero-order valence-electron chi connectivity index (χ0n) is 14.9. The number of H-pyrrole nitrogens is 1. The van der Waals surface area contributed by atoms with E-state index in [0.717, 1.165) is 0 Å². The molecule has 0 aliphatic rings. The van der Waals surface area contributed by atoms with Crippen molar-refractivity contribution >= 4 is 23.6 Å². The predicted molar refractivity (Wildman–Crippen MR) is 94.1 cm³/mol. The Hall–Kier alpha value is -3.10. The minimum absolute atomic E-state index is 0.156. The van der Waals surface area contributed by atoms with Crippen LogP contribution in [0.15, 0.2) is 18.2 Å². The zero-order chi connectivity index (χ0) is 18.6. The zero-order valence-corrected chi connectivity index (χ0v) is 14.9. The molecule has 0 aliphatic heterocycles. The van der Waals surface area contributed by atoms with E-state index in [4.69, 9.17) is 4.74 Å². The lowest BCUT2D eigenvalue weighted by molar-refractivity contribution is 0.0827. The Morgan fingerprint density at radius 1 is 1.24 bits per heavy atom. The fourth-order valence-corrected chi connectivity index (χ4v) is 2.03. The molecular weight excluding hydrogens is 324 g/mol. The standard InChI is InChI=1S/C16H22N6O3/c1-9(2)13-18-15(21-20-13)19-16(24)17-11-7-6-10(8-12(11)25-5)14(23)22(3)4/h6-9H,1-5H3,(H3,17,18,19,20,21,24). The first kappa shape index (κ1) is 18.2. The molecule has 0 fully saturated rings. The normalized spacial score (nSPS) is 10.5. The van der Waals surface area contributed by atoms with Crippen LogP contribution in [0.4, 0.5) is 16.4 Å². The summed E-state index contributed by atoms with van der Waals surface area (Å²) >= 11 is 0. The Bertz CT molecular complexity index is 769. The van der Waals surface area contributed by atoms with Crippen LogP contribution in [0.3, 0.4) is 0 Å². The van der Waals surface area contributed by atoms with E-state index in [1.165, 1.54) is 12.0 Å². The number of aromatic nitrogens is 3. The van der Waals surface area contributed by atoms with Crippen LogP contribution in [0.25, 0.3) is 0 Å². The van der Waals surface area contributed by atoms with E-state index in [0.29, 0.717) is 22.8 Å². The summed E-state index contributed by atoms with van der Waals surface area (Å²) in [5.41, 5.74) is 0.887. The smallest absolute Gasteiger partial charge is 0.326 e. The third-order valence-electron chi connectivity index (χ3n) is 3.38. The number of nitrogens with one attached hydrogen (secondary N) is 3. The fourth-order valence-electron chi connectivity index (χ4n) is 2.03. The van der Waals surface area contributed by atoms with E-state index in [2.05, 4.69) is 25.8 Å². The van der Waals surface area contributed by atoms with Gasteiger partial charge in [-0.3, -0.25) is 15.2 Å². The Kier molecular flexibility index (Phi) is 5.58. The number of carbonyl (C=O) groups excluding carboxylic acids is 2. The van der Waals surface area contributed by atoms with Gasteiger partial charge < -0.3 is 15.0 Å². The average Bonchev–Trinajstić information content (AvgIpc) is 3.03. The summed E-state index contributed by atoms with van der Waals surface area (Å²) in [6, 6.07) is 4.28. The Morgan fingerprint density at radius 2 is 1.96 bits per heavy atom. The Morgan fingerprint density at radius 3 is 2.52 bits per heavy atom. The minimum atomic E-state index is -0.515. The number of methoxy groups -OCH3 is 1. The maximum Gasteiger partial charge on any atom is 0.326 e. The molecule has 2 aromatic rings. The van der Waals surface area contributed by atoms with Gasteiger partial charge in [0.2, 0.25) is 5.95 Å². The summed E-state index contributed by atoms with van der Waals surface area (Å²) in [7, 11) is 4.79. The van der Waals surface area contributed by atoms with Crippen LogP contribution in [0.5, 0.6) is 5.75 Å². The Labute approximate surface area is 145 Å². The number of rotatable bonds is 5. The van der Waals surface area contributed by atoms with Crippen molar-refractivity contribution in [3.63, 3.8) is 0 Å². The van der Waals surface area contributed by atoms with E-state index >= 15 is 0 Å². The molecule has 0 saturated heterocycles. The number of nitrogens with zero attached hydrogens (tertiary/aromatic N) is 3. The van der Waals surface area contributed by atoms with Gasteiger partial charge in [0, 0.05) is 25.6 Å². The van der Waals surface area contributed by atoms with Crippen molar-refractivity contribution < 1.29 is 14.3 Å². The maximum absolute atomic E-state index is 12.1. The number of carbonyl (C=O) groups is 2. The summed E-state index contributed by atoms with van der Waals surface area (Å²) in [6.45, 7) is 3.93. The van der Waals surface area contributed by atoms with Crippen molar-refractivity contribution in [1.29, 1.82) is 0 Å². The highest BCUT2D eigenvalue weighted by atomic mass is 16.5. The van der Waals surface area contributed by atoms with Crippen LogP contribution in [-0.4, -0.2) is 53.2 Å².